The van der Waals surface area contributed by atoms with E-state index in [1.165, 1.54) is 28.9 Å². The van der Waals surface area contributed by atoms with Gasteiger partial charge in [0.25, 0.3) is 0 Å². The number of benzene rings is 2. The minimum Gasteiger partial charge on any atom is -0.232 e. The molecule has 0 saturated carbocycles. The van der Waals surface area contributed by atoms with Crippen molar-refractivity contribution in [2.45, 2.75) is 18.0 Å². The van der Waals surface area contributed by atoms with Crippen molar-refractivity contribution in [2.75, 3.05) is 6.26 Å². The highest BCUT2D eigenvalue weighted by molar-refractivity contribution is 7.90. The summed E-state index contributed by atoms with van der Waals surface area (Å²) in [7, 11) is -3.41. The summed E-state index contributed by atoms with van der Waals surface area (Å²) in [6.07, 6.45) is -3.56. The number of halogens is 4. The molecule has 3 rings (SSSR count). The second kappa shape index (κ2) is 6.69. The van der Waals surface area contributed by atoms with Gasteiger partial charge in [-0.3, -0.25) is 0 Å². The lowest BCUT2D eigenvalue weighted by Gasteiger charge is -2.10. The summed E-state index contributed by atoms with van der Waals surface area (Å²) >= 11 is 6.00. The number of nitrogens with zero attached hydrogens (tertiary/aromatic N) is 2. The monoisotopic (exact) mass is 414 g/mol. The van der Waals surface area contributed by atoms with Gasteiger partial charge in [-0.15, -0.1) is 0 Å². The van der Waals surface area contributed by atoms with E-state index >= 15 is 0 Å². The molecule has 0 fully saturated rings. The number of aryl methyl sites for hydroxylation is 1. The van der Waals surface area contributed by atoms with E-state index in [4.69, 9.17) is 11.6 Å². The van der Waals surface area contributed by atoms with E-state index in [0.29, 0.717) is 21.8 Å². The van der Waals surface area contributed by atoms with Gasteiger partial charge in [-0.25, -0.2) is 13.1 Å². The SMILES string of the molecule is Cc1cc(-n2nc(C(F)(F)F)cc2-c2ccc(S(C)(=O)=O)cc2)ccc1Cl. The first-order valence-electron chi connectivity index (χ1n) is 7.71. The van der Waals surface area contributed by atoms with Crippen LogP contribution in [-0.2, 0) is 16.0 Å². The van der Waals surface area contributed by atoms with Crippen molar-refractivity contribution in [3.05, 3.63) is 64.8 Å². The van der Waals surface area contributed by atoms with Crippen LogP contribution in [0.3, 0.4) is 0 Å². The summed E-state index contributed by atoms with van der Waals surface area (Å²) in [4.78, 5) is 0.0793. The zero-order valence-corrected chi connectivity index (χ0v) is 15.8. The van der Waals surface area contributed by atoms with Crippen molar-refractivity contribution in [1.82, 2.24) is 9.78 Å². The Morgan fingerprint density at radius 2 is 1.67 bits per heavy atom. The van der Waals surface area contributed by atoms with Crippen LogP contribution in [0.4, 0.5) is 13.2 Å². The molecule has 0 spiro atoms. The summed E-state index contributed by atoms with van der Waals surface area (Å²) in [5, 5.41) is 4.19. The third-order valence-electron chi connectivity index (χ3n) is 3.96. The fourth-order valence-corrected chi connectivity index (χ4v) is 3.30. The molecule has 0 aliphatic carbocycles. The van der Waals surface area contributed by atoms with Gasteiger partial charge >= 0.3 is 6.18 Å². The Morgan fingerprint density at radius 3 is 2.19 bits per heavy atom. The third kappa shape index (κ3) is 4.01. The summed E-state index contributed by atoms with van der Waals surface area (Å²) in [5.41, 5.74) is 0.644. The highest BCUT2D eigenvalue weighted by Gasteiger charge is 2.35. The van der Waals surface area contributed by atoms with Crippen LogP contribution < -0.4 is 0 Å². The maximum Gasteiger partial charge on any atom is 0.435 e. The quantitative estimate of drug-likeness (QED) is 0.611. The van der Waals surface area contributed by atoms with Gasteiger partial charge in [-0.1, -0.05) is 23.7 Å². The summed E-state index contributed by atoms with van der Waals surface area (Å²) in [6, 6.07) is 11.3. The zero-order chi connectivity index (χ0) is 20.0. The molecule has 4 nitrogen and oxygen atoms in total. The Morgan fingerprint density at radius 1 is 1.04 bits per heavy atom. The normalized spacial score (nSPS) is 12.4. The maximum atomic E-state index is 13.2. The first kappa shape index (κ1) is 19.4. The molecule has 9 heteroatoms. The number of hydrogen-bond donors (Lipinski definition) is 0. The lowest BCUT2D eigenvalue weighted by molar-refractivity contribution is -0.141. The molecule has 0 aliphatic heterocycles. The number of aromatic nitrogens is 2. The Kier molecular flexibility index (Phi) is 4.81. The Labute approximate surface area is 159 Å². The van der Waals surface area contributed by atoms with E-state index in [2.05, 4.69) is 5.10 Å². The molecule has 3 aromatic rings. The van der Waals surface area contributed by atoms with Crippen LogP contribution in [0.25, 0.3) is 16.9 Å². The van der Waals surface area contributed by atoms with Crippen LogP contribution in [0.1, 0.15) is 11.3 Å². The molecule has 0 saturated heterocycles. The van der Waals surface area contributed by atoms with Gasteiger partial charge in [-0.05, 0) is 48.9 Å². The molecule has 2 aromatic carbocycles. The number of hydrogen-bond acceptors (Lipinski definition) is 3. The number of sulfone groups is 1. The molecule has 142 valence electrons. The minimum absolute atomic E-state index is 0.0793. The van der Waals surface area contributed by atoms with Crippen LogP contribution in [0.5, 0.6) is 0 Å². The van der Waals surface area contributed by atoms with E-state index < -0.39 is 21.7 Å². The van der Waals surface area contributed by atoms with E-state index in [-0.39, 0.29) is 10.6 Å². The van der Waals surface area contributed by atoms with Crippen LogP contribution >= 0.6 is 11.6 Å². The summed E-state index contributed by atoms with van der Waals surface area (Å²) < 4.78 is 64.0. The van der Waals surface area contributed by atoms with Gasteiger partial charge in [0.1, 0.15) is 0 Å². The molecule has 0 amide bonds. The standard InChI is InChI=1S/C18H14ClF3N2O2S/c1-11-9-13(5-8-15(11)19)24-16(10-17(23-24)18(20,21)22)12-3-6-14(7-4-12)27(2,25)26/h3-10H,1-2H3. The minimum atomic E-state index is -4.62. The summed E-state index contributed by atoms with van der Waals surface area (Å²) in [5.74, 6) is 0. The topological polar surface area (TPSA) is 52.0 Å². The van der Waals surface area contributed by atoms with Gasteiger partial charge in [0.2, 0.25) is 0 Å². The average Bonchev–Trinajstić information content (AvgIpc) is 3.02. The van der Waals surface area contributed by atoms with Crippen molar-refractivity contribution in [3.63, 3.8) is 0 Å². The number of alkyl halides is 3. The Bertz CT molecular complexity index is 1100. The van der Waals surface area contributed by atoms with Crippen molar-refractivity contribution in [3.8, 4) is 16.9 Å². The molecule has 0 unspecified atom stereocenters. The Hall–Kier alpha value is -2.32. The molecule has 0 aliphatic rings. The van der Waals surface area contributed by atoms with Gasteiger partial charge in [-0.2, -0.15) is 18.3 Å². The first-order valence-corrected chi connectivity index (χ1v) is 9.98. The van der Waals surface area contributed by atoms with Crippen molar-refractivity contribution < 1.29 is 21.6 Å². The predicted molar refractivity (Wildman–Crippen MR) is 96.9 cm³/mol. The maximum absolute atomic E-state index is 13.2. The largest absolute Gasteiger partial charge is 0.435 e. The molecule has 0 radical (unpaired) electrons. The molecule has 1 aromatic heterocycles. The van der Waals surface area contributed by atoms with Gasteiger partial charge in [0, 0.05) is 16.8 Å². The molecule has 27 heavy (non-hydrogen) atoms. The molecular formula is C18H14ClF3N2O2S. The van der Waals surface area contributed by atoms with Crippen LogP contribution in [-0.4, -0.2) is 24.5 Å². The smallest absolute Gasteiger partial charge is 0.232 e. The van der Waals surface area contributed by atoms with E-state index in [0.717, 1.165) is 12.3 Å². The van der Waals surface area contributed by atoms with E-state index in [1.54, 1.807) is 25.1 Å². The van der Waals surface area contributed by atoms with Gasteiger partial charge in [0.15, 0.2) is 15.5 Å². The van der Waals surface area contributed by atoms with Crippen LogP contribution in [0.2, 0.25) is 5.02 Å². The molecule has 0 atom stereocenters. The van der Waals surface area contributed by atoms with Gasteiger partial charge < -0.3 is 0 Å². The highest BCUT2D eigenvalue weighted by Crippen LogP contribution is 2.34. The zero-order valence-electron chi connectivity index (χ0n) is 14.2. The Balaban J connectivity index is 2.19. The van der Waals surface area contributed by atoms with Crippen molar-refractivity contribution in [1.29, 1.82) is 0 Å². The molecular weight excluding hydrogens is 401 g/mol. The third-order valence-corrected chi connectivity index (χ3v) is 5.52. The van der Waals surface area contributed by atoms with Crippen molar-refractivity contribution >= 4 is 21.4 Å². The molecule has 1 heterocycles. The van der Waals surface area contributed by atoms with Crippen LogP contribution in [0.15, 0.2) is 53.4 Å². The lowest BCUT2D eigenvalue weighted by atomic mass is 10.1. The second-order valence-electron chi connectivity index (χ2n) is 6.05. The highest BCUT2D eigenvalue weighted by atomic mass is 35.5. The van der Waals surface area contributed by atoms with E-state index in [1.807, 2.05) is 0 Å². The van der Waals surface area contributed by atoms with Crippen molar-refractivity contribution in [2.24, 2.45) is 0 Å². The molecule has 0 N–H and O–H groups in total. The second-order valence-corrected chi connectivity index (χ2v) is 8.48. The average molecular weight is 415 g/mol. The van der Waals surface area contributed by atoms with Gasteiger partial charge in [0.05, 0.1) is 16.3 Å². The molecule has 0 bridgehead atoms. The van der Waals surface area contributed by atoms with E-state index in [9.17, 15) is 21.6 Å². The first-order chi connectivity index (χ1) is 12.5. The lowest BCUT2D eigenvalue weighted by Crippen LogP contribution is -2.07. The summed E-state index contributed by atoms with van der Waals surface area (Å²) in [6.45, 7) is 1.74. The fourth-order valence-electron chi connectivity index (χ4n) is 2.56. The predicted octanol–water partition coefficient (Wildman–Crippen LogP) is 4.92. The number of rotatable bonds is 3. The fraction of sp³-hybridized carbons (Fsp3) is 0.167. The van der Waals surface area contributed by atoms with Crippen LogP contribution in [0, 0.1) is 6.92 Å².